The Balaban J connectivity index is 1.42. The van der Waals surface area contributed by atoms with Gasteiger partial charge in [-0.2, -0.15) is 0 Å². The highest BCUT2D eigenvalue weighted by Crippen LogP contribution is 2.37. The lowest BCUT2D eigenvalue weighted by molar-refractivity contribution is 0.385. The highest BCUT2D eigenvalue weighted by Gasteiger charge is 2.22. The maximum atomic E-state index is 14.2. The van der Waals surface area contributed by atoms with Crippen LogP contribution in [0, 0.1) is 35.2 Å². The topological polar surface area (TPSA) is 0 Å². The van der Waals surface area contributed by atoms with Gasteiger partial charge in [-0.3, -0.25) is 0 Å². The van der Waals surface area contributed by atoms with Gasteiger partial charge >= 0.3 is 0 Å². The van der Waals surface area contributed by atoms with Crippen molar-refractivity contribution in [3.05, 3.63) is 82.7 Å². The molecule has 0 unspecified atom stereocenters. The summed E-state index contributed by atoms with van der Waals surface area (Å²) in [5.74, 6) is 5.13. The minimum atomic E-state index is -0.814. The monoisotopic (exact) mass is 406 g/mol. The van der Waals surface area contributed by atoms with Crippen molar-refractivity contribution in [3.8, 4) is 11.8 Å². The minimum absolute atomic E-state index is 0.234. The molecule has 1 aliphatic rings. The van der Waals surface area contributed by atoms with Crippen molar-refractivity contribution < 1.29 is 13.2 Å². The molecule has 1 aliphatic carbocycles. The van der Waals surface area contributed by atoms with E-state index in [1.165, 1.54) is 6.07 Å². The molecule has 0 spiro atoms. The van der Waals surface area contributed by atoms with Gasteiger partial charge in [-0.05, 0) is 72.7 Å². The molecule has 3 aromatic carbocycles. The molecule has 154 valence electrons. The number of benzene rings is 3. The van der Waals surface area contributed by atoms with E-state index in [9.17, 15) is 13.2 Å². The number of hydrogen-bond acceptors (Lipinski definition) is 0. The highest BCUT2D eigenvalue weighted by atomic mass is 19.2. The Hall–Kier alpha value is -2.73. The van der Waals surface area contributed by atoms with Crippen LogP contribution < -0.4 is 0 Å². The predicted octanol–water partition coefficient (Wildman–Crippen LogP) is 7.54. The Bertz CT molecular complexity index is 1110. The molecule has 0 N–H and O–H groups in total. The lowest BCUT2D eigenvalue weighted by atomic mass is 9.78. The van der Waals surface area contributed by atoms with Crippen LogP contribution in [0.15, 0.2) is 48.5 Å². The summed E-state index contributed by atoms with van der Waals surface area (Å²) in [7, 11) is 0. The summed E-state index contributed by atoms with van der Waals surface area (Å²) in [6.45, 7) is 2.08. The molecule has 0 amide bonds. The van der Waals surface area contributed by atoms with E-state index in [-0.39, 0.29) is 11.7 Å². The number of hydrogen-bond donors (Lipinski definition) is 0. The standard InChI is InChI=1S/C27H25F3/c1-2-3-19-7-11-21(26(29)16-19)10-6-18-4-8-20(9-5-18)22-12-14-24-23(17-22)13-15-25(28)27(24)30/h7,11-18,20H,2-5,8-9H2,1H3. The molecule has 1 fully saturated rings. The first-order valence-corrected chi connectivity index (χ1v) is 10.7. The van der Waals surface area contributed by atoms with Crippen molar-refractivity contribution in [2.24, 2.45) is 5.92 Å². The van der Waals surface area contributed by atoms with E-state index < -0.39 is 11.6 Å². The fourth-order valence-corrected chi connectivity index (χ4v) is 4.39. The molecule has 0 aliphatic heterocycles. The zero-order chi connectivity index (χ0) is 21.1. The van der Waals surface area contributed by atoms with Crippen LogP contribution in [-0.2, 0) is 6.42 Å². The summed E-state index contributed by atoms with van der Waals surface area (Å²) < 4.78 is 41.6. The largest absolute Gasteiger partial charge is 0.206 e. The van der Waals surface area contributed by atoms with Crippen molar-refractivity contribution in [2.45, 2.75) is 51.4 Å². The van der Waals surface area contributed by atoms with Crippen LogP contribution >= 0.6 is 0 Å². The molecule has 0 heterocycles. The quantitative estimate of drug-likeness (QED) is 0.394. The molecule has 3 aromatic rings. The first-order chi connectivity index (χ1) is 14.5. The van der Waals surface area contributed by atoms with Crippen molar-refractivity contribution in [3.63, 3.8) is 0 Å². The third-order valence-corrected chi connectivity index (χ3v) is 6.11. The fraction of sp³-hybridized carbons (Fsp3) is 0.333. The van der Waals surface area contributed by atoms with Crippen LogP contribution in [0.5, 0.6) is 0 Å². The summed E-state index contributed by atoms with van der Waals surface area (Å²) in [4.78, 5) is 0. The van der Waals surface area contributed by atoms with Crippen LogP contribution in [-0.4, -0.2) is 0 Å². The summed E-state index contributed by atoms with van der Waals surface area (Å²) in [6, 6.07) is 13.7. The molecule has 3 heteroatoms. The Kier molecular flexibility index (Phi) is 6.13. The molecule has 0 atom stereocenters. The van der Waals surface area contributed by atoms with Crippen molar-refractivity contribution >= 4 is 10.8 Å². The molecule has 1 saturated carbocycles. The molecule has 0 bridgehead atoms. The van der Waals surface area contributed by atoms with E-state index in [1.54, 1.807) is 24.3 Å². The molecular formula is C27H25F3. The van der Waals surface area contributed by atoms with E-state index in [1.807, 2.05) is 18.2 Å². The summed E-state index contributed by atoms with van der Waals surface area (Å²) in [5.41, 5.74) is 2.65. The van der Waals surface area contributed by atoms with E-state index in [0.717, 1.165) is 55.0 Å². The lowest BCUT2D eigenvalue weighted by Gasteiger charge is -2.26. The zero-order valence-electron chi connectivity index (χ0n) is 17.2. The smallest absolute Gasteiger partial charge is 0.166 e. The molecule has 0 nitrogen and oxygen atoms in total. The van der Waals surface area contributed by atoms with Crippen molar-refractivity contribution in [1.82, 2.24) is 0 Å². The lowest BCUT2D eigenvalue weighted by Crippen LogP contribution is -2.12. The van der Waals surface area contributed by atoms with E-state index in [0.29, 0.717) is 16.9 Å². The van der Waals surface area contributed by atoms with Crippen LogP contribution in [0.3, 0.4) is 0 Å². The first-order valence-electron chi connectivity index (χ1n) is 10.7. The fourth-order valence-electron chi connectivity index (χ4n) is 4.39. The van der Waals surface area contributed by atoms with Gasteiger partial charge < -0.3 is 0 Å². The minimum Gasteiger partial charge on any atom is -0.206 e. The van der Waals surface area contributed by atoms with E-state index >= 15 is 0 Å². The Morgan fingerprint density at radius 2 is 1.67 bits per heavy atom. The van der Waals surface area contributed by atoms with Gasteiger partial charge in [0.1, 0.15) is 5.82 Å². The van der Waals surface area contributed by atoms with Gasteiger partial charge in [0.05, 0.1) is 5.56 Å². The number of aryl methyl sites for hydroxylation is 1. The average molecular weight is 406 g/mol. The number of rotatable bonds is 3. The average Bonchev–Trinajstić information content (AvgIpc) is 2.76. The Morgan fingerprint density at radius 3 is 2.40 bits per heavy atom. The molecule has 0 aromatic heterocycles. The second-order valence-corrected chi connectivity index (χ2v) is 8.22. The van der Waals surface area contributed by atoms with Crippen LogP contribution in [0.25, 0.3) is 10.8 Å². The maximum Gasteiger partial charge on any atom is 0.166 e. The normalized spacial score (nSPS) is 18.8. The number of fused-ring (bicyclic) bond motifs is 1. The molecular weight excluding hydrogens is 381 g/mol. The molecule has 4 rings (SSSR count). The van der Waals surface area contributed by atoms with Gasteiger partial charge in [0.25, 0.3) is 0 Å². The van der Waals surface area contributed by atoms with Gasteiger partial charge in [-0.1, -0.05) is 55.5 Å². The predicted molar refractivity (Wildman–Crippen MR) is 116 cm³/mol. The Morgan fingerprint density at radius 1 is 0.867 bits per heavy atom. The summed E-state index contributed by atoms with van der Waals surface area (Å²) in [6.07, 6.45) is 5.78. The van der Waals surface area contributed by atoms with Gasteiger partial charge in [0.15, 0.2) is 11.6 Å². The highest BCUT2D eigenvalue weighted by molar-refractivity contribution is 5.84. The molecule has 0 radical (unpaired) electrons. The summed E-state index contributed by atoms with van der Waals surface area (Å²) >= 11 is 0. The van der Waals surface area contributed by atoms with Crippen LogP contribution in [0.4, 0.5) is 13.2 Å². The van der Waals surface area contributed by atoms with Crippen molar-refractivity contribution in [1.29, 1.82) is 0 Å². The van der Waals surface area contributed by atoms with Crippen LogP contribution in [0.1, 0.15) is 61.6 Å². The summed E-state index contributed by atoms with van der Waals surface area (Å²) in [5, 5.41) is 1.06. The first kappa shape index (κ1) is 20.5. The van der Waals surface area contributed by atoms with E-state index in [4.69, 9.17) is 0 Å². The van der Waals surface area contributed by atoms with Gasteiger partial charge in [-0.15, -0.1) is 0 Å². The third kappa shape index (κ3) is 4.38. The second-order valence-electron chi connectivity index (χ2n) is 8.22. The van der Waals surface area contributed by atoms with Gasteiger partial charge in [0.2, 0.25) is 0 Å². The van der Waals surface area contributed by atoms with Gasteiger partial charge in [-0.25, -0.2) is 13.2 Å². The molecule has 30 heavy (non-hydrogen) atoms. The zero-order valence-corrected chi connectivity index (χ0v) is 17.2. The van der Waals surface area contributed by atoms with E-state index in [2.05, 4.69) is 18.8 Å². The van der Waals surface area contributed by atoms with Gasteiger partial charge in [0, 0.05) is 11.3 Å². The third-order valence-electron chi connectivity index (χ3n) is 6.11. The second kappa shape index (κ2) is 8.96. The molecule has 0 saturated heterocycles. The van der Waals surface area contributed by atoms with Crippen molar-refractivity contribution in [2.75, 3.05) is 0 Å². The van der Waals surface area contributed by atoms with Crippen LogP contribution in [0.2, 0.25) is 0 Å². The SMILES string of the molecule is CCCc1ccc(C#CC2CCC(c3ccc4c(F)c(F)ccc4c3)CC2)c(F)c1. The number of halogens is 3. The Labute approximate surface area is 176 Å². The maximum absolute atomic E-state index is 14.2.